The summed E-state index contributed by atoms with van der Waals surface area (Å²) in [4.78, 5) is 33.4. The molecule has 0 saturated heterocycles. The molecule has 0 aromatic heterocycles. The highest BCUT2D eigenvalue weighted by Crippen LogP contribution is 2.20. The van der Waals surface area contributed by atoms with E-state index in [0.717, 1.165) is 0 Å². The topological polar surface area (TPSA) is 95.7 Å². The number of non-ortho nitro benzene ring substituents is 1. The third-order valence-corrected chi connectivity index (χ3v) is 2.70. The first-order chi connectivity index (χ1) is 9.99. The molecule has 0 aliphatic heterocycles. The third kappa shape index (κ3) is 4.87. The predicted octanol–water partition coefficient (Wildman–Crippen LogP) is 2.27. The maximum atomic E-state index is 11.8. The second-order valence-electron chi connectivity index (χ2n) is 4.12. The highest BCUT2D eigenvalue weighted by Gasteiger charge is 2.17. The van der Waals surface area contributed by atoms with Gasteiger partial charge in [-0.2, -0.15) is 0 Å². The molecule has 0 aliphatic carbocycles. The van der Waals surface area contributed by atoms with Gasteiger partial charge in [-0.1, -0.05) is 0 Å². The molecule has 0 amide bonds. The second-order valence-corrected chi connectivity index (χ2v) is 4.12. The van der Waals surface area contributed by atoms with Crippen molar-refractivity contribution in [2.45, 2.75) is 26.7 Å². The van der Waals surface area contributed by atoms with Gasteiger partial charge in [0.1, 0.15) is 0 Å². The summed E-state index contributed by atoms with van der Waals surface area (Å²) in [6, 6.07) is 3.86. The van der Waals surface area contributed by atoms with Crippen molar-refractivity contribution >= 4 is 17.6 Å². The van der Waals surface area contributed by atoms with Gasteiger partial charge in [-0.15, -0.1) is 0 Å². The van der Waals surface area contributed by atoms with E-state index in [-0.39, 0.29) is 37.3 Å². The van der Waals surface area contributed by atoms with Crippen LogP contribution in [0.15, 0.2) is 18.2 Å². The number of hydrogen-bond donors (Lipinski definition) is 0. The number of ether oxygens (including phenoxy) is 2. The Labute approximate surface area is 122 Å². The average Bonchev–Trinajstić information content (AvgIpc) is 2.45. The average molecular weight is 295 g/mol. The molecule has 0 aliphatic rings. The number of nitro benzene ring substituents is 1. The van der Waals surface area contributed by atoms with Crippen molar-refractivity contribution in [2.75, 3.05) is 13.2 Å². The van der Waals surface area contributed by atoms with E-state index in [1.54, 1.807) is 13.8 Å². The van der Waals surface area contributed by atoms with Crippen LogP contribution in [0.4, 0.5) is 5.69 Å². The van der Waals surface area contributed by atoms with Gasteiger partial charge in [0.05, 0.1) is 23.7 Å². The minimum Gasteiger partial charge on any atom is -0.466 e. The molecule has 21 heavy (non-hydrogen) atoms. The van der Waals surface area contributed by atoms with Crippen molar-refractivity contribution in [1.29, 1.82) is 0 Å². The van der Waals surface area contributed by atoms with Crippen LogP contribution in [0.2, 0.25) is 0 Å². The molecular formula is C14H17NO6. The SMILES string of the molecule is CCOC(=O)CCc1cc([N+](=O)[O-])ccc1C(=O)OCC. The summed E-state index contributed by atoms with van der Waals surface area (Å²) in [5.74, 6) is -0.981. The molecule has 114 valence electrons. The molecule has 0 N–H and O–H groups in total. The zero-order valence-corrected chi connectivity index (χ0v) is 12.0. The molecule has 7 heteroatoms. The predicted molar refractivity (Wildman–Crippen MR) is 74.0 cm³/mol. The standard InChI is InChI=1S/C14H17NO6/c1-3-20-13(16)8-5-10-9-11(15(18)19)6-7-12(10)14(17)21-4-2/h6-7,9H,3-5,8H2,1-2H3. The highest BCUT2D eigenvalue weighted by atomic mass is 16.6. The Morgan fingerprint density at radius 2 is 1.86 bits per heavy atom. The van der Waals surface area contributed by atoms with Gasteiger partial charge >= 0.3 is 11.9 Å². The lowest BCUT2D eigenvalue weighted by atomic mass is 10.0. The molecule has 1 rings (SSSR count). The summed E-state index contributed by atoms with van der Waals surface area (Å²) in [7, 11) is 0. The lowest BCUT2D eigenvalue weighted by molar-refractivity contribution is -0.384. The first-order valence-electron chi connectivity index (χ1n) is 6.59. The van der Waals surface area contributed by atoms with Gasteiger partial charge in [0.25, 0.3) is 5.69 Å². The van der Waals surface area contributed by atoms with Crippen molar-refractivity contribution in [3.05, 3.63) is 39.4 Å². The first kappa shape index (κ1) is 16.6. The fraction of sp³-hybridized carbons (Fsp3) is 0.429. The Balaban J connectivity index is 2.99. The Bertz CT molecular complexity index is 540. The van der Waals surface area contributed by atoms with Gasteiger partial charge < -0.3 is 9.47 Å². The highest BCUT2D eigenvalue weighted by molar-refractivity contribution is 5.91. The number of carbonyl (C=O) groups excluding carboxylic acids is 2. The van der Waals surface area contributed by atoms with Gasteiger partial charge in [-0.05, 0) is 31.9 Å². The normalized spacial score (nSPS) is 10.0. The van der Waals surface area contributed by atoms with Crippen LogP contribution in [-0.4, -0.2) is 30.1 Å². The number of aryl methyl sites for hydroxylation is 1. The summed E-state index contributed by atoms with van der Waals surface area (Å²) >= 11 is 0. The minimum absolute atomic E-state index is 0.0431. The summed E-state index contributed by atoms with van der Waals surface area (Å²) in [6.07, 6.45) is 0.218. The van der Waals surface area contributed by atoms with Crippen LogP contribution in [-0.2, 0) is 20.7 Å². The van der Waals surface area contributed by atoms with E-state index < -0.39 is 16.9 Å². The fourth-order valence-corrected chi connectivity index (χ4v) is 1.78. The zero-order chi connectivity index (χ0) is 15.8. The van der Waals surface area contributed by atoms with Crippen LogP contribution in [0.5, 0.6) is 0 Å². The van der Waals surface area contributed by atoms with Crippen molar-refractivity contribution in [1.82, 2.24) is 0 Å². The molecule has 0 fully saturated rings. The van der Waals surface area contributed by atoms with E-state index in [4.69, 9.17) is 9.47 Å². The number of esters is 2. The minimum atomic E-state index is -0.564. The fourth-order valence-electron chi connectivity index (χ4n) is 1.78. The van der Waals surface area contributed by atoms with E-state index in [9.17, 15) is 19.7 Å². The van der Waals surface area contributed by atoms with Crippen molar-refractivity contribution in [2.24, 2.45) is 0 Å². The molecule has 0 spiro atoms. The van der Waals surface area contributed by atoms with Crippen LogP contribution >= 0.6 is 0 Å². The van der Waals surface area contributed by atoms with Gasteiger partial charge in [0.2, 0.25) is 0 Å². The van der Waals surface area contributed by atoms with E-state index in [0.29, 0.717) is 5.56 Å². The monoisotopic (exact) mass is 295 g/mol. The van der Waals surface area contributed by atoms with E-state index >= 15 is 0 Å². The number of rotatable bonds is 7. The molecule has 0 radical (unpaired) electrons. The van der Waals surface area contributed by atoms with Gasteiger partial charge in [0, 0.05) is 18.6 Å². The Morgan fingerprint density at radius 1 is 1.19 bits per heavy atom. The lowest BCUT2D eigenvalue weighted by Gasteiger charge is -2.08. The van der Waals surface area contributed by atoms with Crippen LogP contribution < -0.4 is 0 Å². The van der Waals surface area contributed by atoms with Gasteiger partial charge in [-0.25, -0.2) is 4.79 Å². The Kier molecular flexibility index (Phi) is 6.32. The van der Waals surface area contributed by atoms with E-state index in [1.807, 2.05) is 0 Å². The quantitative estimate of drug-likeness (QED) is 0.435. The molecule has 0 bridgehead atoms. The number of carbonyl (C=O) groups is 2. The van der Waals surface area contributed by atoms with E-state index in [2.05, 4.69) is 0 Å². The summed E-state index contributed by atoms with van der Waals surface area (Å²) in [5, 5.41) is 10.8. The lowest BCUT2D eigenvalue weighted by Crippen LogP contribution is -2.11. The van der Waals surface area contributed by atoms with Crippen molar-refractivity contribution < 1.29 is 24.0 Å². The van der Waals surface area contributed by atoms with Crippen LogP contribution in [0, 0.1) is 10.1 Å². The van der Waals surface area contributed by atoms with E-state index in [1.165, 1.54) is 18.2 Å². The Morgan fingerprint density at radius 3 is 2.43 bits per heavy atom. The number of hydrogen-bond acceptors (Lipinski definition) is 6. The van der Waals surface area contributed by atoms with Gasteiger partial charge in [0.15, 0.2) is 0 Å². The van der Waals surface area contributed by atoms with Crippen molar-refractivity contribution in [3.8, 4) is 0 Å². The van der Waals surface area contributed by atoms with Crippen LogP contribution in [0.1, 0.15) is 36.2 Å². The maximum absolute atomic E-state index is 11.8. The number of nitrogens with zero attached hydrogens (tertiary/aromatic N) is 1. The second kappa shape index (κ2) is 7.98. The molecular weight excluding hydrogens is 278 g/mol. The molecule has 1 aromatic rings. The molecule has 1 aromatic carbocycles. The number of nitro groups is 1. The number of benzene rings is 1. The summed E-state index contributed by atoms with van der Waals surface area (Å²) < 4.78 is 9.70. The third-order valence-electron chi connectivity index (χ3n) is 2.70. The Hall–Kier alpha value is -2.44. The van der Waals surface area contributed by atoms with Crippen LogP contribution in [0.3, 0.4) is 0 Å². The maximum Gasteiger partial charge on any atom is 0.338 e. The molecule has 0 heterocycles. The first-order valence-corrected chi connectivity index (χ1v) is 6.59. The van der Waals surface area contributed by atoms with Crippen molar-refractivity contribution in [3.63, 3.8) is 0 Å². The largest absolute Gasteiger partial charge is 0.466 e. The zero-order valence-electron chi connectivity index (χ0n) is 12.0. The molecule has 0 atom stereocenters. The summed E-state index contributed by atoms with van der Waals surface area (Å²) in [6.45, 7) is 3.82. The van der Waals surface area contributed by atoms with Gasteiger partial charge in [-0.3, -0.25) is 14.9 Å². The molecule has 7 nitrogen and oxygen atoms in total. The smallest absolute Gasteiger partial charge is 0.338 e. The summed E-state index contributed by atoms with van der Waals surface area (Å²) in [5.41, 5.74) is 0.490. The van der Waals surface area contributed by atoms with Crippen LogP contribution in [0.25, 0.3) is 0 Å². The molecule has 0 saturated carbocycles. The molecule has 0 unspecified atom stereocenters.